The molecule has 108 valence electrons. The first-order valence-corrected chi connectivity index (χ1v) is 7.39. The topological polar surface area (TPSA) is 52.8 Å². The van der Waals surface area contributed by atoms with E-state index in [1.807, 2.05) is 30.5 Å². The fraction of sp³-hybridized carbons (Fsp3) is 0.200. The largest absolute Gasteiger partial charge is 0.497 e. The Balaban J connectivity index is 2.03. The van der Waals surface area contributed by atoms with Gasteiger partial charge in [0.1, 0.15) is 11.4 Å². The van der Waals surface area contributed by atoms with E-state index in [-0.39, 0.29) is 5.97 Å². The van der Waals surface area contributed by atoms with E-state index in [2.05, 4.69) is 4.98 Å². The molecule has 0 amide bonds. The molecule has 0 fully saturated rings. The van der Waals surface area contributed by atoms with Gasteiger partial charge in [-0.2, -0.15) is 0 Å². The zero-order valence-electron chi connectivity index (χ0n) is 11.7. The number of nitrogens with zero attached hydrogens (tertiary/aromatic N) is 2. The molecule has 21 heavy (non-hydrogen) atoms. The minimum absolute atomic E-state index is 0.335. The second kappa shape index (κ2) is 5.57. The van der Waals surface area contributed by atoms with Crippen LogP contribution in [0.4, 0.5) is 0 Å². The van der Waals surface area contributed by atoms with Crippen LogP contribution >= 0.6 is 11.3 Å². The van der Waals surface area contributed by atoms with Crippen LogP contribution in [-0.4, -0.2) is 29.1 Å². The number of methoxy groups -OCH3 is 1. The maximum atomic E-state index is 11.9. The summed E-state index contributed by atoms with van der Waals surface area (Å²) in [6, 6.07) is 7.66. The SMILES string of the molecule is CCOC(=O)c1csc2nc(-c3cccc(OC)c3)cn12. The molecule has 0 aliphatic heterocycles. The Morgan fingerprint density at radius 2 is 2.29 bits per heavy atom. The van der Waals surface area contributed by atoms with Crippen LogP contribution in [0.1, 0.15) is 17.4 Å². The molecule has 2 aromatic heterocycles. The van der Waals surface area contributed by atoms with Gasteiger partial charge < -0.3 is 9.47 Å². The predicted octanol–water partition coefficient (Wildman–Crippen LogP) is 3.25. The van der Waals surface area contributed by atoms with Crippen LogP contribution in [0, 0.1) is 0 Å². The highest BCUT2D eigenvalue weighted by Crippen LogP contribution is 2.26. The second-order valence-electron chi connectivity index (χ2n) is 4.35. The first-order valence-electron chi connectivity index (χ1n) is 6.51. The fourth-order valence-corrected chi connectivity index (χ4v) is 2.90. The molecule has 0 unspecified atom stereocenters. The number of rotatable bonds is 4. The van der Waals surface area contributed by atoms with E-state index in [0.29, 0.717) is 12.3 Å². The van der Waals surface area contributed by atoms with Crippen LogP contribution in [0.5, 0.6) is 5.75 Å². The monoisotopic (exact) mass is 302 g/mol. The standard InChI is InChI=1S/C15H14N2O3S/c1-3-20-14(18)13-9-21-15-16-12(8-17(13)15)10-5-4-6-11(7-10)19-2/h4-9H,3H2,1-2H3. The summed E-state index contributed by atoms with van der Waals surface area (Å²) in [6.07, 6.45) is 1.84. The average molecular weight is 302 g/mol. The number of aromatic nitrogens is 2. The van der Waals surface area contributed by atoms with Gasteiger partial charge in [0.2, 0.25) is 0 Å². The summed E-state index contributed by atoms with van der Waals surface area (Å²) in [5, 5.41) is 1.76. The third kappa shape index (κ3) is 2.50. The molecule has 1 aromatic carbocycles. The molecule has 0 aliphatic rings. The lowest BCUT2D eigenvalue weighted by molar-refractivity contribution is 0.0518. The van der Waals surface area contributed by atoms with Crippen molar-refractivity contribution in [2.45, 2.75) is 6.92 Å². The summed E-state index contributed by atoms with van der Waals surface area (Å²) < 4.78 is 12.0. The van der Waals surface area contributed by atoms with Crippen LogP contribution in [0.2, 0.25) is 0 Å². The summed E-state index contributed by atoms with van der Waals surface area (Å²) in [5.74, 6) is 0.438. The first-order chi connectivity index (χ1) is 10.2. The Morgan fingerprint density at radius 1 is 1.43 bits per heavy atom. The van der Waals surface area contributed by atoms with Crippen molar-refractivity contribution in [3.8, 4) is 17.0 Å². The Hall–Kier alpha value is -2.34. The van der Waals surface area contributed by atoms with Gasteiger partial charge in [-0.15, -0.1) is 11.3 Å². The molecule has 0 aliphatic carbocycles. The lowest BCUT2D eigenvalue weighted by atomic mass is 10.1. The molecule has 5 nitrogen and oxygen atoms in total. The van der Waals surface area contributed by atoms with Gasteiger partial charge >= 0.3 is 5.97 Å². The average Bonchev–Trinajstić information content (AvgIpc) is 3.07. The molecular weight excluding hydrogens is 288 g/mol. The van der Waals surface area contributed by atoms with Gasteiger partial charge in [0, 0.05) is 17.1 Å². The third-order valence-corrected chi connectivity index (χ3v) is 3.90. The Morgan fingerprint density at radius 3 is 3.05 bits per heavy atom. The van der Waals surface area contributed by atoms with E-state index < -0.39 is 0 Å². The highest BCUT2D eigenvalue weighted by molar-refractivity contribution is 7.15. The number of hydrogen-bond acceptors (Lipinski definition) is 5. The number of carbonyl (C=O) groups excluding carboxylic acids is 1. The van der Waals surface area contributed by atoms with E-state index in [4.69, 9.17) is 9.47 Å². The number of benzene rings is 1. The van der Waals surface area contributed by atoms with E-state index in [9.17, 15) is 4.79 Å². The fourth-order valence-electron chi connectivity index (χ4n) is 2.06. The highest BCUT2D eigenvalue weighted by Gasteiger charge is 2.16. The van der Waals surface area contributed by atoms with Crippen molar-refractivity contribution in [2.24, 2.45) is 0 Å². The predicted molar refractivity (Wildman–Crippen MR) is 81.0 cm³/mol. The van der Waals surface area contributed by atoms with Crippen LogP contribution in [0.15, 0.2) is 35.8 Å². The number of fused-ring (bicyclic) bond motifs is 1. The number of hydrogen-bond donors (Lipinski definition) is 0. The molecule has 3 aromatic rings. The summed E-state index contributed by atoms with van der Waals surface area (Å²) in [6.45, 7) is 2.14. The number of carbonyl (C=O) groups is 1. The quantitative estimate of drug-likeness (QED) is 0.694. The molecule has 0 saturated carbocycles. The van der Waals surface area contributed by atoms with Crippen LogP contribution < -0.4 is 4.74 Å². The van der Waals surface area contributed by atoms with E-state index in [0.717, 1.165) is 22.0 Å². The van der Waals surface area contributed by atoms with Gasteiger partial charge in [0.15, 0.2) is 4.96 Å². The zero-order chi connectivity index (χ0) is 14.8. The molecular formula is C15H14N2O3S. The van der Waals surface area contributed by atoms with Crippen molar-refractivity contribution in [1.29, 1.82) is 0 Å². The van der Waals surface area contributed by atoms with E-state index in [1.165, 1.54) is 11.3 Å². The molecule has 0 bridgehead atoms. The first kappa shape index (κ1) is 13.6. The maximum Gasteiger partial charge on any atom is 0.356 e. The van der Waals surface area contributed by atoms with Crippen LogP contribution in [-0.2, 0) is 4.74 Å². The van der Waals surface area contributed by atoms with Gasteiger partial charge in [-0.05, 0) is 19.1 Å². The highest BCUT2D eigenvalue weighted by atomic mass is 32.1. The van der Waals surface area contributed by atoms with Crippen molar-refractivity contribution < 1.29 is 14.3 Å². The molecule has 2 heterocycles. The smallest absolute Gasteiger partial charge is 0.356 e. The van der Waals surface area contributed by atoms with Gasteiger partial charge in [-0.1, -0.05) is 12.1 Å². The Labute approximate surface area is 125 Å². The van der Waals surface area contributed by atoms with Crippen molar-refractivity contribution >= 4 is 22.3 Å². The van der Waals surface area contributed by atoms with Crippen molar-refractivity contribution in [3.63, 3.8) is 0 Å². The van der Waals surface area contributed by atoms with Gasteiger partial charge in [-0.25, -0.2) is 9.78 Å². The summed E-state index contributed by atoms with van der Waals surface area (Å²) in [5.41, 5.74) is 2.24. The minimum atomic E-state index is -0.335. The zero-order valence-corrected chi connectivity index (χ0v) is 12.5. The number of esters is 1. The van der Waals surface area contributed by atoms with Gasteiger partial charge in [0.25, 0.3) is 0 Å². The van der Waals surface area contributed by atoms with Gasteiger partial charge in [0.05, 0.1) is 19.4 Å². The molecule has 0 saturated heterocycles. The third-order valence-electron chi connectivity index (χ3n) is 3.06. The summed E-state index contributed by atoms with van der Waals surface area (Å²) in [4.78, 5) is 17.2. The number of ether oxygens (including phenoxy) is 2. The van der Waals surface area contributed by atoms with Gasteiger partial charge in [-0.3, -0.25) is 4.40 Å². The van der Waals surface area contributed by atoms with Crippen molar-refractivity contribution in [3.05, 3.63) is 41.5 Å². The van der Waals surface area contributed by atoms with E-state index in [1.54, 1.807) is 23.8 Å². The number of thiazole rings is 1. The van der Waals surface area contributed by atoms with Crippen molar-refractivity contribution in [1.82, 2.24) is 9.38 Å². The Kier molecular flexibility index (Phi) is 3.62. The van der Waals surface area contributed by atoms with E-state index >= 15 is 0 Å². The molecule has 0 atom stereocenters. The molecule has 0 radical (unpaired) electrons. The molecule has 6 heteroatoms. The normalized spacial score (nSPS) is 10.8. The van der Waals surface area contributed by atoms with Crippen molar-refractivity contribution in [2.75, 3.05) is 13.7 Å². The minimum Gasteiger partial charge on any atom is -0.497 e. The lowest BCUT2D eigenvalue weighted by Gasteiger charge is -2.01. The lowest BCUT2D eigenvalue weighted by Crippen LogP contribution is -2.06. The summed E-state index contributed by atoms with van der Waals surface area (Å²) in [7, 11) is 1.63. The second-order valence-corrected chi connectivity index (χ2v) is 5.19. The number of imidazole rings is 1. The molecule has 0 spiro atoms. The van der Waals surface area contributed by atoms with Crippen LogP contribution in [0.3, 0.4) is 0 Å². The molecule has 0 N–H and O–H groups in total. The molecule has 3 rings (SSSR count). The summed E-state index contributed by atoms with van der Waals surface area (Å²) >= 11 is 1.41. The van der Waals surface area contributed by atoms with Crippen LogP contribution in [0.25, 0.3) is 16.2 Å². The maximum absolute atomic E-state index is 11.9. The Bertz CT molecular complexity index is 791.